The molecule has 3 atom stereocenters. The second-order valence-corrected chi connectivity index (χ2v) is 5.08. The fourth-order valence-electron chi connectivity index (χ4n) is 2.31. The van der Waals surface area contributed by atoms with Crippen LogP contribution in [0.3, 0.4) is 0 Å². The summed E-state index contributed by atoms with van der Waals surface area (Å²) in [4.78, 5) is 0. The molecule has 3 nitrogen and oxygen atoms in total. The molecule has 0 amide bonds. The highest BCUT2D eigenvalue weighted by atomic mass is 16.5. The Bertz CT molecular complexity index is 350. The monoisotopic (exact) mass is 235 g/mol. The number of hydrogen-bond donors (Lipinski definition) is 2. The summed E-state index contributed by atoms with van der Waals surface area (Å²) in [7, 11) is 0. The zero-order valence-corrected chi connectivity index (χ0v) is 10.3. The van der Waals surface area contributed by atoms with Gasteiger partial charge in [0.2, 0.25) is 0 Å². The fourth-order valence-corrected chi connectivity index (χ4v) is 2.31. The van der Waals surface area contributed by atoms with E-state index in [1.807, 2.05) is 30.3 Å². The van der Waals surface area contributed by atoms with Crippen LogP contribution in [0.4, 0.5) is 0 Å². The van der Waals surface area contributed by atoms with Gasteiger partial charge in [0.25, 0.3) is 0 Å². The van der Waals surface area contributed by atoms with Crippen molar-refractivity contribution in [1.29, 1.82) is 0 Å². The Morgan fingerprint density at radius 1 is 1.35 bits per heavy atom. The maximum absolute atomic E-state index is 10.4. The highest BCUT2D eigenvalue weighted by molar-refractivity contribution is 5.21. The summed E-state index contributed by atoms with van der Waals surface area (Å²) in [5.74, 6) is 0. The van der Waals surface area contributed by atoms with Crippen molar-refractivity contribution in [3.63, 3.8) is 0 Å². The summed E-state index contributed by atoms with van der Waals surface area (Å²) < 4.78 is 5.76. The minimum absolute atomic E-state index is 0.102. The molecular weight excluding hydrogens is 214 g/mol. The predicted molar refractivity (Wildman–Crippen MR) is 67.6 cm³/mol. The third kappa shape index (κ3) is 3.06. The van der Waals surface area contributed by atoms with Crippen LogP contribution in [0.2, 0.25) is 0 Å². The van der Waals surface area contributed by atoms with Crippen LogP contribution in [0.25, 0.3) is 0 Å². The summed E-state index contributed by atoms with van der Waals surface area (Å²) in [5, 5.41) is 10.4. The molecule has 1 aliphatic carbocycles. The quantitative estimate of drug-likeness (QED) is 0.836. The summed E-state index contributed by atoms with van der Waals surface area (Å²) in [6, 6.07) is 9.74. The molecule has 3 heteroatoms. The van der Waals surface area contributed by atoms with E-state index in [0.717, 1.165) is 24.8 Å². The van der Waals surface area contributed by atoms with Gasteiger partial charge >= 0.3 is 0 Å². The van der Waals surface area contributed by atoms with Crippen molar-refractivity contribution in [3.05, 3.63) is 35.9 Å². The minimum atomic E-state index is -0.941. The molecule has 0 bridgehead atoms. The number of aliphatic hydroxyl groups is 1. The largest absolute Gasteiger partial charge is 0.383 e. The lowest BCUT2D eigenvalue weighted by Gasteiger charge is -2.27. The first-order valence-electron chi connectivity index (χ1n) is 6.25. The first-order chi connectivity index (χ1) is 8.09. The molecule has 1 aromatic carbocycles. The molecule has 3 unspecified atom stereocenters. The summed E-state index contributed by atoms with van der Waals surface area (Å²) >= 11 is 0. The number of rotatable bonds is 4. The molecule has 0 aliphatic heterocycles. The average Bonchev–Trinajstić information content (AvgIpc) is 2.74. The SMILES string of the molecule is CC(O)(COC1CCCC1N)c1ccccc1. The molecule has 0 radical (unpaired) electrons. The van der Waals surface area contributed by atoms with E-state index in [9.17, 15) is 5.11 Å². The number of nitrogens with two attached hydrogens (primary N) is 1. The Hall–Kier alpha value is -0.900. The standard InChI is InChI=1S/C14H21NO2/c1-14(16,11-6-3-2-4-7-11)10-17-13-9-5-8-12(13)15/h2-4,6-7,12-13,16H,5,8-10,15H2,1H3. The highest BCUT2D eigenvalue weighted by Gasteiger charge is 2.29. The second kappa shape index (κ2) is 5.17. The van der Waals surface area contributed by atoms with E-state index in [1.54, 1.807) is 6.92 Å². The van der Waals surface area contributed by atoms with Gasteiger partial charge in [-0.2, -0.15) is 0 Å². The van der Waals surface area contributed by atoms with Crippen molar-refractivity contribution in [3.8, 4) is 0 Å². The van der Waals surface area contributed by atoms with Crippen molar-refractivity contribution in [1.82, 2.24) is 0 Å². The number of hydrogen-bond acceptors (Lipinski definition) is 3. The first kappa shape index (κ1) is 12.6. The van der Waals surface area contributed by atoms with Gasteiger partial charge in [-0.1, -0.05) is 30.3 Å². The summed E-state index contributed by atoms with van der Waals surface area (Å²) in [6.45, 7) is 2.08. The van der Waals surface area contributed by atoms with Gasteiger partial charge in [0.05, 0.1) is 12.7 Å². The van der Waals surface area contributed by atoms with Crippen molar-refractivity contribution in [2.75, 3.05) is 6.61 Å². The van der Waals surface area contributed by atoms with Gasteiger partial charge in [-0.05, 0) is 31.7 Å². The summed E-state index contributed by atoms with van der Waals surface area (Å²) in [5.41, 5.74) is 5.88. The van der Waals surface area contributed by atoms with E-state index in [-0.39, 0.29) is 12.1 Å². The minimum Gasteiger partial charge on any atom is -0.383 e. The van der Waals surface area contributed by atoms with Crippen LogP contribution in [-0.4, -0.2) is 23.9 Å². The molecule has 1 fully saturated rings. The van der Waals surface area contributed by atoms with Crippen LogP contribution in [0.15, 0.2) is 30.3 Å². The number of benzene rings is 1. The van der Waals surface area contributed by atoms with E-state index in [1.165, 1.54) is 0 Å². The number of ether oxygens (including phenoxy) is 1. The van der Waals surface area contributed by atoms with E-state index in [4.69, 9.17) is 10.5 Å². The molecule has 3 N–H and O–H groups in total. The Labute approximate surface area is 103 Å². The molecule has 1 aromatic rings. The summed E-state index contributed by atoms with van der Waals surface area (Å²) in [6.07, 6.45) is 3.26. The maximum Gasteiger partial charge on any atom is 0.110 e. The maximum atomic E-state index is 10.4. The van der Waals surface area contributed by atoms with Crippen molar-refractivity contribution in [2.24, 2.45) is 5.73 Å². The third-order valence-corrected chi connectivity index (χ3v) is 3.48. The van der Waals surface area contributed by atoms with Gasteiger partial charge in [0, 0.05) is 6.04 Å². The van der Waals surface area contributed by atoms with Crippen LogP contribution >= 0.6 is 0 Å². The Morgan fingerprint density at radius 3 is 2.65 bits per heavy atom. The smallest absolute Gasteiger partial charge is 0.110 e. The van der Waals surface area contributed by atoms with E-state index >= 15 is 0 Å². The van der Waals surface area contributed by atoms with Crippen molar-refractivity contribution >= 4 is 0 Å². The molecule has 0 aromatic heterocycles. The van der Waals surface area contributed by atoms with E-state index < -0.39 is 5.60 Å². The lowest BCUT2D eigenvalue weighted by Crippen LogP contribution is -2.36. The van der Waals surface area contributed by atoms with Gasteiger partial charge in [-0.25, -0.2) is 0 Å². The van der Waals surface area contributed by atoms with Crippen LogP contribution < -0.4 is 5.73 Å². The van der Waals surface area contributed by atoms with Gasteiger partial charge in [0.1, 0.15) is 5.60 Å². The van der Waals surface area contributed by atoms with Crippen molar-refractivity contribution < 1.29 is 9.84 Å². The molecule has 0 heterocycles. The first-order valence-corrected chi connectivity index (χ1v) is 6.25. The topological polar surface area (TPSA) is 55.5 Å². The van der Waals surface area contributed by atoms with Crippen LogP contribution in [0.5, 0.6) is 0 Å². The Morgan fingerprint density at radius 2 is 2.06 bits per heavy atom. The molecule has 1 saturated carbocycles. The predicted octanol–water partition coefficient (Wildman–Crippen LogP) is 1.79. The van der Waals surface area contributed by atoms with E-state index in [0.29, 0.717) is 6.61 Å². The van der Waals surface area contributed by atoms with E-state index in [2.05, 4.69) is 0 Å². The van der Waals surface area contributed by atoms with Gasteiger partial charge in [0.15, 0.2) is 0 Å². The van der Waals surface area contributed by atoms with Gasteiger partial charge in [-0.3, -0.25) is 0 Å². The highest BCUT2D eigenvalue weighted by Crippen LogP contribution is 2.25. The zero-order chi connectivity index (χ0) is 12.3. The zero-order valence-electron chi connectivity index (χ0n) is 10.3. The van der Waals surface area contributed by atoms with Gasteiger partial charge in [-0.15, -0.1) is 0 Å². The Kier molecular flexibility index (Phi) is 3.82. The molecular formula is C14H21NO2. The van der Waals surface area contributed by atoms with Crippen LogP contribution in [0.1, 0.15) is 31.7 Å². The second-order valence-electron chi connectivity index (χ2n) is 5.08. The van der Waals surface area contributed by atoms with Crippen LogP contribution in [-0.2, 0) is 10.3 Å². The third-order valence-electron chi connectivity index (χ3n) is 3.48. The molecule has 1 aliphatic rings. The lowest BCUT2D eigenvalue weighted by molar-refractivity contribution is -0.0683. The molecule has 94 valence electrons. The molecule has 2 rings (SSSR count). The van der Waals surface area contributed by atoms with Gasteiger partial charge < -0.3 is 15.6 Å². The lowest BCUT2D eigenvalue weighted by atomic mass is 9.97. The Balaban J connectivity index is 1.93. The fraction of sp³-hybridized carbons (Fsp3) is 0.571. The molecule has 0 spiro atoms. The van der Waals surface area contributed by atoms with Crippen LogP contribution in [0, 0.1) is 0 Å². The molecule has 0 saturated heterocycles. The normalized spacial score (nSPS) is 27.9. The molecule has 17 heavy (non-hydrogen) atoms. The van der Waals surface area contributed by atoms with Crippen molar-refractivity contribution in [2.45, 2.75) is 43.9 Å². The average molecular weight is 235 g/mol.